The van der Waals surface area contributed by atoms with Gasteiger partial charge in [0.15, 0.2) is 11.0 Å². The maximum Gasteiger partial charge on any atom is 0.286 e. The van der Waals surface area contributed by atoms with Gasteiger partial charge in [0, 0.05) is 25.2 Å². The lowest BCUT2D eigenvalue weighted by Crippen LogP contribution is -2.27. The molecule has 168 valence electrons. The predicted octanol–water partition coefficient (Wildman–Crippen LogP) is 3.95. The first-order valence-electron chi connectivity index (χ1n) is 9.97. The Bertz CT molecular complexity index is 1270. The lowest BCUT2D eigenvalue weighted by molar-refractivity contribution is -0.387. The summed E-state index contributed by atoms with van der Waals surface area (Å²) >= 11 is 1.00. The van der Waals surface area contributed by atoms with E-state index in [-0.39, 0.29) is 15.5 Å². The molecule has 0 atom stereocenters. The third-order valence-corrected chi connectivity index (χ3v) is 8.09. The predicted molar refractivity (Wildman–Crippen MR) is 116 cm³/mol. The van der Waals surface area contributed by atoms with Gasteiger partial charge in [-0.25, -0.2) is 12.8 Å². The number of nitro groups is 1. The van der Waals surface area contributed by atoms with Crippen LogP contribution in [0.5, 0.6) is 0 Å². The molecule has 0 amide bonds. The standard InChI is InChI=1S/C20H20FN5O4S2/c1-2-25-19(14-6-5-7-16(12-14)32(29,30)24-10-3-4-11-24)22-23-20(25)31-18-9-8-15(21)13-17(18)26(27)28/h5-9,12-13H,2-4,10-11H2,1H3. The van der Waals surface area contributed by atoms with Gasteiger partial charge < -0.3 is 4.57 Å². The molecular weight excluding hydrogens is 457 g/mol. The minimum atomic E-state index is -3.59. The quantitative estimate of drug-likeness (QED) is 0.374. The molecule has 32 heavy (non-hydrogen) atoms. The zero-order chi connectivity index (χ0) is 22.9. The first kappa shape index (κ1) is 22.4. The minimum Gasteiger partial charge on any atom is -0.302 e. The number of hydrogen-bond donors (Lipinski definition) is 0. The van der Waals surface area contributed by atoms with Crippen molar-refractivity contribution in [1.29, 1.82) is 0 Å². The van der Waals surface area contributed by atoms with Gasteiger partial charge in [0.2, 0.25) is 10.0 Å². The molecule has 12 heteroatoms. The summed E-state index contributed by atoms with van der Waals surface area (Å²) in [5.74, 6) is -0.257. The summed E-state index contributed by atoms with van der Waals surface area (Å²) in [7, 11) is -3.59. The molecule has 2 heterocycles. The molecule has 1 aliphatic rings. The van der Waals surface area contributed by atoms with E-state index in [9.17, 15) is 22.9 Å². The van der Waals surface area contributed by atoms with E-state index >= 15 is 0 Å². The van der Waals surface area contributed by atoms with E-state index in [2.05, 4.69) is 10.2 Å². The number of nitrogens with zero attached hydrogens (tertiary/aromatic N) is 5. The Balaban J connectivity index is 1.70. The lowest BCUT2D eigenvalue weighted by atomic mass is 10.2. The molecule has 0 unspecified atom stereocenters. The third-order valence-electron chi connectivity index (χ3n) is 5.15. The van der Waals surface area contributed by atoms with Crippen molar-refractivity contribution in [2.45, 2.75) is 41.3 Å². The highest BCUT2D eigenvalue weighted by Gasteiger charge is 2.28. The van der Waals surface area contributed by atoms with Gasteiger partial charge in [-0.3, -0.25) is 10.1 Å². The van der Waals surface area contributed by atoms with Crippen LogP contribution in [-0.2, 0) is 16.6 Å². The van der Waals surface area contributed by atoms with E-state index in [4.69, 9.17) is 0 Å². The average Bonchev–Trinajstić information content (AvgIpc) is 3.45. The SMILES string of the molecule is CCn1c(Sc2ccc(F)cc2[N+](=O)[O-])nnc1-c1cccc(S(=O)(=O)N2CCCC2)c1. The summed E-state index contributed by atoms with van der Waals surface area (Å²) in [6.45, 7) is 3.33. The van der Waals surface area contributed by atoms with Gasteiger partial charge in [0.05, 0.1) is 20.8 Å². The zero-order valence-corrected chi connectivity index (χ0v) is 18.8. The lowest BCUT2D eigenvalue weighted by Gasteiger charge is -2.16. The monoisotopic (exact) mass is 477 g/mol. The highest BCUT2D eigenvalue weighted by atomic mass is 32.2. The third kappa shape index (κ3) is 4.25. The molecule has 4 rings (SSSR count). The smallest absolute Gasteiger partial charge is 0.286 e. The second kappa shape index (κ2) is 8.96. The highest BCUT2D eigenvalue weighted by molar-refractivity contribution is 7.99. The van der Waals surface area contributed by atoms with E-state index in [1.54, 1.807) is 28.8 Å². The van der Waals surface area contributed by atoms with Crippen LogP contribution in [0.15, 0.2) is 57.4 Å². The van der Waals surface area contributed by atoms with E-state index in [0.29, 0.717) is 36.2 Å². The summed E-state index contributed by atoms with van der Waals surface area (Å²) in [5.41, 5.74) is 0.209. The summed E-state index contributed by atoms with van der Waals surface area (Å²) < 4.78 is 42.5. The van der Waals surface area contributed by atoms with Crippen LogP contribution in [0.1, 0.15) is 19.8 Å². The van der Waals surface area contributed by atoms with Crippen molar-refractivity contribution >= 4 is 27.5 Å². The Kier molecular flexibility index (Phi) is 6.26. The van der Waals surface area contributed by atoms with Crippen molar-refractivity contribution in [3.05, 3.63) is 58.4 Å². The largest absolute Gasteiger partial charge is 0.302 e. The Morgan fingerprint density at radius 3 is 2.59 bits per heavy atom. The molecule has 0 bridgehead atoms. The van der Waals surface area contributed by atoms with E-state index < -0.39 is 20.8 Å². The summed E-state index contributed by atoms with van der Waals surface area (Å²) in [4.78, 5) is 11.1. The van der Waals surface area contributed by atoms with Gasteiger partial charge in [-0.2, -0.15) is 4.31 Å². The average molecular weight is 478 g/mol. The highest BCUT2D eigenvalue weighted by Crippen LogP contribution is 2.36. The second-order valence-electron chi connectivity index (χ2n) is 7.16. The Labute approximate surface area is 188 Å². The number of aromatic nitrogens is 3. The molecule has 1 saturated heterocycles. The van der Waals surface area contributed by atoms with Crippen molar-refractivity contribution in [3.63, 3.8) is 0 Å². The van der Waals surface area contributed by atoms with Gasteiger partial charge >= 0.3 is 0 Å². The molecule has 0 aliphatic carbocycles. The molecule has 0 spiro atoms. The van der Waals surface area contributed by atoms with Crippen LogP contribution in [0.4, 0.5) is 10.1 Å². The van der Waals surface area contributed by atoms with Crippen molar-refractivity contribution in [2.75, 3.05) is 13.1 Å². The van der Waals surface area contributed by atoms with Crippen LogP contribution in [0.2, 0.25) is 0 Å². The number of rotatable bonds is 7. The van der Waals surface area contributed by atoms with Crippen molar-refractivity contribution in [1.82, 2.24) is 19.1 Å². The van der Waals surface area contributed by atoms with Gasteiger partial charge in [0.1, 0.15) is 5.82 Å². The normalized spacial score (nSPS) is 14.7. The van der Waals surface area contributed by atoms with Crippen molar-refractivity contribution in [2.24, 2.45) is 0 Å². The topological polar surface area (TPSA) is 111 Å². The fourth-order valence-electron chi connectivity index (χ4n) is 3.55. The summed E-state index contributed by atoms with van der Waals surface area (Å²) in [6, 6.07) is 9.87. The van der Waals surface area contributed by atoms with E-state index in [0.717, 1.165) is 36.7 Å². The second-order valence-corrected chi connectivity index (χ2v) is 10.1. The fraction of sp³-hybridized carbons (Fsp3) is 0.300. The molecule has 3 aromatic rings. The molecule has 0 N–H and O–H groups in total. The number of halogens is 1. The van der Waals surface area contributed by atoms with Gasteiger partial charge in [0.25, 0.3) is 5.69 Å². The maximum atomic E-state index is 13.5. The molecule has 9 nitrogen and oxygen atoms in total. The number of nitro benzene ring substituents is 1. The van der Waals surface area contributed by atoms with Gasteiger partial charge in [-0.05, 0) is 55.8 Å². The first-order valence-corrected chi connectivity index (χ1v) is 12.2. The Hall–Kier alpha value is -2.83. The molecule has 0 radical (unpaired) electrons. The molecule has 1 aliphatic heterocycles. The van der Waals surface area contributed by atoms with Gasteiger partial charge in [-0.15, -0.1) is 10.2 Å². The number of hydrogen-bond acceptors (Lipinski definition) is 7. The molecule has 2 aromatic carbocycles. The summed E-state index contributed by atoms with van der Waals surface area (Å²) in [6.07, 6.45) is 1.69. The number of sulfonamides is 1. The molecule has 0 saturated carbocycles. The van der Waals surface area contributed by atoms with E-state index in [1.165, 1.54) is 10.4 Å². The van der Waals surface area contributed by atoms with Crippen LogP contribution in [-0.4, -0.2) is 45.5 Å². The molecular formula is C20H20FN5O4S2. The minimum absolute atomic E-state index is 0.186. The van der Waals surface area contributed by atoms with Crippen LogP contribution < -0.4 is 0 Å². The van der Waals surface area contributed by atoms with Crippen LogP contribution >= 0.6 is 11.8 Å². The van der Waals surface area contributed by atoms with Crippen molar-refractivity contribution < 1.29 is 17.7 Å². The Morgan fingerprint density at radius 1 is 1.16 bits per heavy atom. The van der Waals surface area contributed by atoms with Crippen LogP contribution in [0.3, 0.4) is 0 Å². The number of benzene rings is 2. The summed E-state index contributed by atoms with van der Waals surface area (Å²) in [5, 5.41) is 20.0. The maximum absolute atomic E-state index is 13.5. The molecule has 1 aromatic heterocycles. The van der Waals surface area contributed by atoms with E-state index in [1.807, 2.05) is 6.92 Å². The Morgan fingerprint density at radius 2 is 1.91 bits per heavy atom. The van der Waals surface area contributed by atoms with Gasteiger partial charge in [-0.1, -0.05) is 12.1 Å². The van der Waals surface area contributed by atoms with Crippen LogP contribution in [0, 0.1) is 15.9 Å². The van der Waals surface area contributed by atoms with Crippen molar-refractivity contribution in [3.8, 4) is 11.4 Å². The fourth-order valence-corrected chi connectivity index (χ4v) is 6.10. The van der Waals surface area contributed by atoms with Crippen LogP contribution in [0.25, 0.3) is 11.4 Å². The molecule has 1 fully saturated rings. The zero-order valence-electron chi connectivity index (χ0n) is 17.1. The first-order chi connectivity index (χ1) is 15.3.